The van der Waals surface area contributed by atoms with E-state index in [2.05, 4.69) is 4.90 Å². The van der Waals surface area contributed by atoms with Crippen molar-refractivity contribution in [3.8, 4) is 5.75 Å². The number of alkyl halides is 1. The molecule has 1 aliphatic heterocycles. The molecule has 1 aromatic rings. The molecule has 0 N–H and O–H groups in total. The number of halogens is 2. The first-order chi connectivity index (χ1) is 9.28. The number of hydrogen-bond donors (Lipinski definition) is 0. The Morgan fingerprint density at radius 3 is 2.84 bits per heavy atom. The molecule has 0 saturated heterocycles. The number of fused-ring (bicyclic) bond motifs is 1. The van der Waals surface area contributed by atoms with Crippen molar-refractivity contribution < 1.29 is 4.74 Å². The highest BCUT2D eigenvalue weighted by atomic mass is 35.5. The van der Waals surface area contributed by atoms with E-state index in [0.29, 0.717) is 11.9 Å². The summed E-state index contributed by atoms with van der Waals surface area (Å²) in [5, 5.41) is 0.818. The van der Waals surface area contributed by atoms with Gasteiger partial charge < -0.3 is 4.74 Å². The summed E-state index contributed by atoms with van der Waals surface area (Å²) in [5.74, 6) is 1.74. The summed E-state index contributed by atoms with van der Waals surface area (Å²) in [7, 11) is 0. The minimum Gasteiger partial charge on any atom is -0.493 e. The van der Waals surface area contributed by atoms with E-state index in [0.717, 1.165) is 36.9 Å². The third-order valence-corrected chi connectivity index (χ3v) is 4.55. The molecule has 0 unspecified atom stereocenters. The van der Waals surface area contributed by atoms with E-state index in [-0.39, 0.29) is 0 Å². The Bertz CT molecular complexity index is 460. The van der Waals surface area contributed by atoms with Crippen LogP contribution in [0.2, 0.25) is 5.02 Å². The van der Waals surface area contributed by atoms with Crippen molar-refractivity contribution in [1.82, 2.24) is 4.90 Å². The first kappa shape index (κ1) is 13.5. The maximum absolute atomic E-state index is 6.22. The second kappa shape index (κ2) is 5.90. The van der Waals surface area contributed by atoms with Crippen LogP contribution in [0.4, 0.5) is 0 Å². The number of nitrogens with zero attached hydrogens (tertiary/aromatic N) is 1. The lowest BCUT2D eigenvalue weighted by Gasteiger charge is -2.37. The summed E-state index contributed by atoms with van der Waals surface area (Å²) < 4.78 is 5.78. The highest BCUT2D eigenvalue weighted by molar-refractivity contribution is 6.30. The highest BCUT2D eigenvalue weighted by Crippen LogP contribution is 2.35. The van der Waals surface area contributed by atoms with Gasteiger partial charge in [-0.05, 0) is 30.5 Å². The zero-order valence-corrected chi connectivity index (χ0v) is 12.5. The van der Waals surface area contributed by atoms with Gasteiger partial charge >= 0.3 is 0 Å². The Balaban J connectivity index is 1.81. The van der Waals surface area contributed by atoms with Gasteiger partial charge in [-0.3, -0.25) is 4.90 Å². The molecule has 0 bridgehead atoms. The SMILES string of the molecule is ClCCN(Cc1cc(Cl)cc2c1OCC2)C1CCC1. The Labute approximate surface area is 124 Å². The maximum Gasteiger partial charge on any atom is 0.127 e. The second-order valence-electron chi connectivity index (χ2n) is 5.40. The molecule has 0 aromatic heterocycles. The molecule has 0 spiro atoms. The number of rotatable bonds is 5. The predicted molar refractivity (Wildman–Crippen MR) is 79.4 cm³/mol. The normalized spacial score (nSPS) is 18.3. The van der Waals surface area contributed by atoms with E-state index in [1.165, 1.54) is 30.4 Å². The average molecular weight is 300 g/mol. The van der Waals surface area contributed by atoms with Gasteiger partial charge in [-0.1, -0.05) is 18.0 Å². The van der Waals surface area contributed by atoms with Crippen LogP contribution in [0.15, 0.2) is 12.1 Å². The molecule has 1 saturated carbocycles. The monoisotopic (exact) mass is 299 g/mol. The van der Waals surface area contributed by atoms with Crippen molar-refractivity contribution in [2.75, 3.05) is 19.0 Å². The van der Waals surface area contributed by atoms with Crippen LogP contribution in [0.1, 0.15) is 30.4 Å². The largest absolute Gasteiger partial charge is 0.493 e. The molecule has 1 aliphatic carbocycles. The molecule has 2 nitrogen and oxygen atoms in total. The standard InChI is InChI=1S/C15H19Cl2NO/c16-5-6-18(14-2-1-3-14)10-12-9-13(17)8-11-4-7-19-15(11)12/h8-9,14H,1-7,10H2. The minimum absolute atomic E-state index is 0.681. The smallest absolute Gasteiger partial charge is 0.127 e. The topological polar surface area (TPSA) is 12.5 Å². The first-order valence-corrected chi connectivity index (χ1v) is 7.93. The van der Waals surface area contributed by atoms with Crippen LogP contribution >= 0.6 is 23.2 Å². The van der Waals surface area contributed by atoms with Crippen molar-refractivity contribution in [2.24, 2.45) is 0 Å². The first-order valence-electron chi connectivity index (χ1n) is 7.02. The molecule has 1 fully saturated rings. The Hall–Kier alpha value is -0.440. The van der Waals surface area contributed by atoms with Gasteiger partial charge in [0.25, 0.3) is 0 Å². The van der Waals surface area contributed by atoms with Crippen LogP contribution in [-0.4, -0.2) is 30.0 Å². The summed E-state index contributed by atoms with van der Waals surface area (Å²) in [6, 6.07) is 4.77. The van der Waals surface area contributed by atoms with Gasteiger partial charge in [-0.15, -0.1) is 11.6 Å². The van der Waals surface area contributed by atoms with E-state index in [9.17, 15) is 0 Å². The van der Waals surface area contributed by atoms with Crippen LogP contribution in [0, 0.1) is 0 Å². The number of hydrogen-bond acceptors (Lipinski definition) is 2. The molecular weight excluding hydrogens is 281 g/mol. The van der Waals surface area contributed by atoms with Gasteiger partial charge in [0.2, 0.25) is 0 Å². The average Bonchev–Trinajstić information content (AvgIpc) is 2.74. The van der Waals surface area contributed by atoms with Crippen molar-refractivity contribution >= 4 is 23.2 Å². The van der Waals surface area contributed by atoms with Gasteiger partial charge in [0.05, 0.1) is 6.61 Å². The Morgan fingerprint density at radius 1 is 1.32 bits per heavy atom. The fourth-order valence-corrected chi connectivity index (χ4v) is 3.41. The Morgan fingerprint density at radius 2 is 2.16 bits per heavy atom. The molecule has 4 heteroatoms. The summed E-state index contributed by atoms with van der Waals surface area (Å²) in [5.41, 5.74) is 2.47. The fraction of sp³-hybridized carbons (Fsp3) is 0.600. The third kappa shape index (κ3) is 2.86. The molecule has 0 radical (unpaired) electrons. The van der Waals surface area contributed by atoms with Crippen LogP contribution in [0.3, 0.4) is 0 Å². The van der Waals surface area contributed by atoms with Crippen molar-refractivity contribution in [1.29, 1.82) is 0 Å². The van der Waals surface area contributed by atoms with E-state index < -0.39 is 0 Å². The molecule has 2 aliphatic rings. The molecule has 104 valence electrons. The number of ether oxygens (including phenoxy) is 1. The van der Waals surface area contributed by atoms with Gasteiger partial charge in [0.1, 0.15) is 5.75 Å². The molecule has 0 atom stereocenters. The van der Waals surface area contributed by atoms with Crippen molar-refractivity contribution in [2.45, 2.75) is 38.3 Å². The van der Waals surface area contributed by atoms with Crippen LogP contribution < -0.4 is 4.74 Å². The second-order valence-corrected chi connectivity index (χ2v) is 6.21. The lowest BCUT2D eigenvalue weighted by atomic mass is 9.91. The third-order valence-electron chi connectivity index (χ3n) is 4.16. The maximum atomic E-state index is 6.22. The summed E-state index contributed by atoms with van der Waals surface area (Å²) in [6.07, 6.45) is 4.90. The van der Waals surface area contributed by atoms with Gasteiger partial charge in [-0.25, -0.2) is 0 Å². The van der Waals surface area contributed by atoms with Crippen LogP contribution in [-0.2, 0) is 13.0 Å². The van der Waals surface area contributed by atoms with E-state index >= 15 is 0 Å². The highest BCUT2D eigenvalue weighted by Gasteiger charge is 2.26. The Kier molecular flexibility index (Phi) is 4.21. The van der Waals surface area contributed by atoms with Gasteiger partial charge in [0, 0.05) is 42.0 Å². The summed E-state index contributed by atoms with van der Waals surface area (Å²) >= 11 is 12.2. The van der Waals surface area contributed by atoms with Crippen molar-refractivity contribution in [3.63, 3.8) is 0 Å². The molecule has 1 heterocycles. The molecule has 0 amide bonds. The molecule has 3 rings (SSSR count). The summed E-state index contributed by atoms with van der Waals surface area (Å²) in [6.45, 7) is 2.62. The van der Waals surface area contributed by atoms with E-state index in [4.69, 9.17) is 27.9 Å². The molecule has 19 heavy (non-hydrogen) atoms. The number of benzene rings is 1. The van der Waals surface area contributed by atoms with Gasteiger partial charge in [-0.2, -0.15) is 0 Å². The van der Waals surface area contributed by atoms with Crippen molar-refractivity contribution in [3.05, 3.63) is 28.3 Å². The lowest BCUT2D eigenvalue weighted by Crippen LogP contribution is -2.40. The van der Waals surface area contributed by atoms with Crippen LogP contribution in [0.5, 0.6) is 5.75 Å². The van der Waals surface area contributed by atoms with Gasteiger partial charge in [0.15, 0.2) is 0 Å². The lowest BCUT2D eigenvalue weighted by molar-refractivity contribution is 0.126. The molecular formula is C15H19Cl2NO. The fourth-order valence-electron chi connectivity index (χ4n) is 2.93. The van der Waals surface area contributed by atoms with E-state index in [1.807, 2.05) is 12.1 Å². The summed E-state index contributed by atoms with van der Waals surface area (Å²) in [4.78, 5) is 2.48. The zero-order valence-electron chi connectivity index (χ0n) is 11.0. The molecule has 1 aromatic carbocycles. The van der Waals surface area contributed by atoms with E-state index in [1.54, 1.807) is 0 Å². The van der Waals surface area contributed by atoms with Crippen LogP contribution in [0.25, 0.3) is 0 Å². The zero-order chi connectivity index (χ0) is 13.2. The minimum atomic E-state index is 0.681. The quantitative estimate of drug-likeness (QED) is 0.765. The predicted octanol–water partition coefficient (Wildman–Crippen LogP) is 3.87.